The lowest BCUT2D eigenvalue weighted by atomic mass is 10.0. The van der Waals surface area contributed by atoms with Crippen LogP contribution in [0, 0.1) is 0 Å². The first kappa shape index (κ1) is 25.7. The number of hydrogen-bond donors (Lipinski definition) is 2. The maximum Gasteiger partial charge on any atom is 0.291 e. The molecule has 7 nitrogen and oxygen atoms in total. The number of anilines is 1. The maximum atomic E-state index is 13.4. The van der Waals surface area contributed by atoms with Crippen molar-refractivity contribution in [1.29, 1.82) is 0 Å². The highest BCUT2D eigenvalue weighted by molar-refractivity contribution is 7.21. The summed E-state index contributed by atoms with van der Waals surface area (Å²) in [5.41, 5.74) is 5.88. The molecule has 0 unspecified atom stereocenters. The third-order valence-corrected chi connectivity index (χ3v) is 7.50. The predicted molar refractivity (Wildman–Crippen MR) is 138 cm³/mol. The summed E-state index contributed by atoms with van der Waals surface area (Å²) in [6.07, 6.45) is -1.17. The van der Waals surface area contributed by atoms with Crippen LogP contribution < -0.4 is 15.8 Å². The number of benzene rings is 1. The van der Waals surface area contributed by atoms with Gasteiger partial charge in [-0.25, -0.2) is 13.8 Å². The minimum Gasteiger partial charge on any atom is -0.483 e. The summed E-state index contributed by atoms with van der Waals surface area (Å²) in [5.74, 6) is -1.03. The Kier molecular flexibility index (Phi) is 7.01. The van der Waals surface area contributed by atoms with Crippen molar-refractivity contribution in [3.8, 4) is 5.75 Å². The molecule has 2 amide bonds. The van der Waals surface area contributed by atoms with Gasteiger partial charge in [-0.15, -0.1) is 11.3 Å². The topological polar surface area (TPSA) is 107 Å². The molecular weight excluding hydrogens is 571 g/mol. The number of carbonyl (C=O) groups excluding carboxylic acids is 2. The van der Waals surface area contributed by atoms with Crippen LogP contribution in [0.15, 0.2) is 34.7 Å². The highest BCUT2D eigenvalue weighted by atomic mass is 35.5. The molecule has 0 spiro atoms. The molecule has 1 saturated carbocycles. The van der Waals surface area contributed by atoms with Crippen molar-refractivity contribution in [2.24, 2.45) is 5.73 Å². The predicted octanol–water partition coefficient (Wildman–Crippen LogP) is 7.59. The Balaban J connectivity index is 1.42. The van der Waals surface area contributed by atoms with E-state index in [-0.39, 0.29) is 55.2 Å². The Morgan fingerprint density at radius 3 is 2.51 bits per heavy atom. The third-order valence-electron chi connectivity index (χ3n) is 5.62. The fraction of sp³-hybridized carbons (Fsp3) is 0.208. The molecule has 37 heavy (non-hydrogen) atoms. The van der Waals surface area contributed by atoms with Crippen LogP contribution in [0.3, 0.4) is 0 Å². The van der Waals surface area contributed by atoms with Crippen LogP contribution in [-0.2, 0) is 6.61 Å². The lowest BCUT2D eigenvalue weighted by molar-refractivity contribution is 0.0992. The number of furan rings is 1. The van der Waals surface area contributed by atoms with Crippen molar-refractivity contribution in [3.63, 3.8) is 0 Å². The zero-order chi connectivity index (χ0) is 26.4. The number of rotatable bonds is 8. The van der Waals surface area contributed by atoms with Gasteiger partial charge in [0.15, 0.2) is 11.5 Å². The molecule has 4 aromatic rings. The lowest BCUT2D eigenvalue weighted by Crippen LogP contribution is -2.16. The van der Waals surface area contributed by atoms with Crippen molar-refractivity contribution < 1.29 is 27.5 Å². The summed E-state index contributed by atoms with van der Waals surface area (Å²) in [6, 6.07) is 7.23. The van der Waals surface area contributed by atoms with Gasteiger partial charge in [0.25, 0.3) is 18.2 Å². The van der Waals surface area contributed by atoms with Gasteiger partial charge in [0.1, 0.15) is 27.8 Å². The zero-order valence-electron chi connectivity index (χ0n) is 18.6. The summed E-state index contributed by atoms with van der Waals surface area (Å²) >= 11 is 19.0. The first-order valence-electron chi connectivity index (χ1n) is 10.8. The highest BCUT2D eigenvalue weighted by Crippen LogP contribution is 2.48. The number of ether oxygens (including phenoxy) is 1. The quantitative estimate of drug-likeness (QED) is 0.221. The van der Waals surface area contributed by atoms with Crippen LogP contribution in [0.2, 0.25) is 15.1 Å². The second-order valence-electron chi connectivity index (χ2n) is 8.27. The van der Waals surface area contributed by atoms with Gasteiger partial charge in [-0.05, 0) is 54.7 Å². The smallest absolute Gasteiger partial charge is 0.291 e. The number of halogens is 5. The fourth-order valence-corrected chi connectivity index (χ4v) is 5.78. The summed E-state index contributed by atoms with van der Waals surface area (Å²) in [4.78, 5) is 29.4. The van der Waals surface area contributed by atoms with Crippen molar-refractivity contribution in [3.05, 3.63) is 73.1 Å². The van der Waals surface area contributed by atoms with Gasteiger partial charge in [0.2, 0.25) is 0 Å². The summed E-state index contributed by atoms with van der Waals surface area (Å²) < 4.78 is 38.1. The lowest BCUT2D eigenvalue weighted by Gasteiger charge is -2.10. The number of hydrogen-bond acceptors (Lipinski definition) is 6. The monoisotopic (exact) mass is 585 g/mol. The molecule has 0 aliphatic heterocycles. The van der Waals surface area contributed by atoms with E-state index in [4.69, 9.17) is 49.7 Å². The number of thiophene rings is 1. The van der Waals surface area contributed by atoms with Crippen LogP contribution >= 0.6 is 46.1 Å². The van der Waals surface area contributed by atoms with Crippen molar-refractivity contribution in [2.45, 2.75) is 31.8 Å². The molecule has 5 rings (SSSR count). The average molecular weight is 587 g/mol. The number of amides is 2. The van der Waals surface area contributed by atoms with Crippen molar-refractivity contribution >= 4 is 73.9 Å². The van der Waals surface area contributed by atoms with E-state index in [2.05, 4.69) is 10.3 Å². The molecule has 192 valence electrons. The van der Waals surface area contributed by atoms with E-state index in [1.54, 1.807) is 0 Å². The maximum absolute atomic E-state index is 13.4. The SMILES string of the molecule is NC(=O)c1sc2nc(C(F)F)cc(C3CC3)c2c1NC(=O)c1ccc(COc2c(Cl)cc(Cl)cc2Cl)o1. The van der Waals surface area contributed by atoms with Gasteiger partial charge < -0.3 is 20.2 Å². The molecule has 0 bridgehead atoms. The van der Waals surface area contributed by atoms with Gasteiger partial charge in [-0.3, -0.25) is 9.59 Å². The summed E-state index contributed by atoms with van der Waals surface area (Å²) in [7, 11) is 0. The number of carbonyl (C=O) groups is 2. The van der Waals surface area contributed by atoms with E-state index in [1.807, 2.05) is 0 Å². The number of pyridine rings is 1. The van der Waals surface area contributed by atoms with Gasteiger partial charge in [0, 0.05) is 10.4 Å². The number of alkyl halides is 2. The van der Waals surface area contributed by atoms with E-state index in [0.29, 0.717) is 21.7 Å². The Labute approximate surface area is 227 Å². The normalized spacial score (nSPS) is 13.4. The second-order valence-corrected chi connectivity index (χ2v) is 10.5. The number of fused-ring (bicyclic) bond motifs is 1. The van der Waals surface area contributed by atoms with E-state index in [0.717, 1.165) is 24.2 Å². The van der Waals surface area contributed by atoms with Crippen LogP contribution in [0.25, 0.3) is 10.2 Å². The number of primary amides is 1. The Bertz CT molecular complexity index is 1530. The highest BCUT2D eigenvalue weighted by Gasteiger charge is 2.32. The molecule has 3 N–H and O–H groups in total. The first-order chi connectivity index (χ1) is 17.6. The van der Waals surface area contributed by atoms with E-state index in [9.17, 15) is 18.4 Å². The molecule has 0 atom stereocenters. The number of nitrogens with one attached hydrogen (secondary N) is 1. The number of nitrogens with zero attached hydrogens (tertiary/aromatic N) is 1. The molecule has 3 aromatic heterocycles. The van der Waals surface area contributed by atoms with Gasteiger partial charge >= 0.3 is 0 Å². The minimum absolute atomic E-state index is 0.00583. The molecule has 1 aliphatic carbocycles. The minimum atomic E-state index is -2.78. The number of aromatic nitrogens is 1. The molecule has 1 aliphatic rings. The summed E-state index contributed by atoms with van der Waals surface area (Å²) in [6.45, 7) is -0.0889. The zero-order valence-corrected chi connectivity index (χ0v) is 21.7. The fourth-order valence-electron chi connectivity index (χ4n) is 3.83. The second kappa shape index (κ2) is 10.1. The first-order valence-corrected chi connectivity index (χ1v) is 12.8. The molecule has 1 fully saturated rings. The van der Waals surface area contributed by atoms with Crippen LogP contribution in [-0.4, -0.2) is 16.8 Å². The van der Waals surface area contributed by atoms with E-state index in [1.165, 1.54) is 30.3 Å². The average Bonchev–Trinajstić information content (AvgIpc) is 3.45. The number of nitrogens with two attached hydrogens (primary N) is 1. The molecule has 0 radical (unpaired) electrons. The van der Waals surface area contributed by atoms with Crippen LogP contribution in [0.5, 0.6) is 5.75 Å². The Hall–Kier alpha value is -2.92. The Morgan fingerprint density at radius 1 is 1.19 bits per heavy atom. The third kappa shape index (κ3) is 5.24. The Morgan fingerprint density at radius 2 is 1.89 bits per heavy atom. The molecule has 1 aromatic carbocycles. The van der Waals surface area contributed by atoms with Gasteiger partial charge in [-0.1, -0.05) is 34.8 Å². The van der Waals surface area contributed by atoms with Crippen LogP contribution in [0.4, 0.5) is 14.5 Å². The molecule has 0 saturated heterocycles. The summed E-state index contributed by atoms with van der Waals surface area (Å²) in [5, 5.41) is 3.86. The van der Waals surface area contributed by atoms with Crippen molar-refractivity contribution in [1.82, 2.24) is 4.98 Å². The van der Waals surface area contributed by atoms with Gasteiger partial charge in [0.05, 0.1) is 15.7 Å². The van der Waals surface area contributed by atoms with E-state index >= 15 is 0 Å². The van der Waals surface area contributed by atoms with E-state index < -0.39 is 18.2 Å². The molecule has 3 heterocycles. The van der Waals surface area contributed by atoms with Crippen molar-refractivity contribution in [2.75, 3.05) is 5.32 Å². The molecule has 13 heteroatoms. The largest absolute Gasteiger partial charge is 0.483 e. The molecular formula is C24H16Cl3F2N3O4S. The standard InChI is InChI=1S/C24H16Cl3F2N3O4S/c25-10-5-13(26)19(14(27)6-10)35-8-11-3-4-16(36-11)23(34)32-18-17-12(9-1-2-9)7-15(21(28)29)31-24(17)37-20(18)22(30)33/h3-7,9,21H,1-2,8H2,(H2,30,33)(H,32,34). The van der Waals surface area contributed by atoms with Gasteiger partial charge in [-0.2, -0.15) is 0 Å². The van der Waals surface area contributed by atoms with Crippen LogP contribution in [0.1, 0.15) is 62.4 Å².